The van der Waals surface area contributed by atoms with Gasteiger partial charge in [0, 0.05) is 0 Å². The summed E-state index contributed by atoms with van der Waals surface area (Å²) in [6.07, 6.45) is 2.28. The zero-order chi connectivity index (χ0) is 21.4. The quantitative estimate of drug-likeness (QED) is 0.421. The van der Waals surface area contributed by atoms with E-state index in [-0.39, 0.29) is 0 Å². The molecule has 0 bridgehead atoms. The average molecular weight is 377 g/mol. The molecule has 0 aliphatic rings. The van der Waals surface area contributed by atoms with E-state index in [1.54, 1.807) is 0 Å². The highest BCUT2D eigenvalue weighted by Gasteiger charge is 1.85. The van der Waals surface area contributed by atoms with Crippen molar-refractivity contribution in [3.05, 3.63) is 106 Å². The van der Waals surface area contributed by atoms with Gasteiger partial charge in [0.15, 0.2) is 0 Å². The highest BCUT2D eigenvalue weighted by atomic mass is 13.9. The smallest absolute Gasteiger partial charge is 0.0307 e. The van der Waals surface area contributed by atoms with Crippen molar-refractivity contribution in [1.29, 1.82) is 0 Å². The van der Waals surface area contributed by atoms with Gasteiger partial charge in [-0.15, -0.1) is 0 Å². The van der Waals surface area contributed by atoms with E-state index >= 15 is 0 Å². The Balaban J connectivity index is 0.000000374. The van der Waals surface area contributed by atoms with E-state index in [1.165, 1.54) is 33.4 Å². The van der Waals surface area contributed by atoms with Crippen molar-refractivity contribution < 1.29 is 0 Å². The SMILES string of the molecule is CC.CCc1ccc(C)cc1.CCc1ccc(C)cc1.Cc1ccc(C)cc1. The molecule has 3 rings (SSSR count). The molecule has 3 aromatic carbocycles. The van der Waals surface area contributed by atoms with Crippen LogP contribution in [0.5, 0.6) is 0 Å². The molecule has 28 heavy (non-hydrogen) atoms. The largest absolute Gasteiger partial charge is 0.0683 e. The molecule has 0 aliphatic carbocycles. The van der Waals surface area contributed by atoms with Gasteiger partial charge in [-0.3, -0.25) is 0 Å². The molecule has 0 spiro atoms. The minimum atomic E-state index is 1.14. The molecule has 3 aromatic rings. The van der Waals surface area contributed by atoms with Gasteiger partial charge >= 0.3 is 0 Å². The Labute approximate surface area is 174 Å². The van der Waals surface area contributed by atoms with Crippen LogP contribution in [0.25, 0.3) is 0 Å². The molecule has 0 heteroatoms. The van der Waals surface area contributed by atoms with Crippen molar-refractivity contribution in [3.8, 4) is 0 Å². The number of aryl methyl sites for hydroxylation is 6. The van der Waals surface area contributed by atoms with Gasteiger partial charge < -0.3 is 0 Å². The van der Waals surface area contributed by atoms with E-state index in [0.29, 0.717) is 0 Å². The Kier molecular flexibility index (Phi) is 14.4. The van der Waals surface area contributed by atoms with Crippen LogP contribution < -0.4 is 0 Å². The molecule has 0 nitrogen and oxygen atoms in total. The first-order valence-corrected chi connectivity index (χ1v) is 10.6. The molecule has 0 heterocycles. The summed E-state index contributed by atoms with van der Waals surface area (Å²) in [6.45, 7) is 16.8. The summed E-state index contributed by atoms with van der Waals surface area (Å²) in [5.74, 6) is 0. The van der Waals surface area contributed by atoms with Crippen molar-refractivity contribution in [3.63, 3.8) is 0 Å². The van der Waals surface area contributed by atoms with Gasteiger partial charge in [-0.25, -0.2) is 0 Å². The third-order valence-corrected chi connectivity index (χ3v) is 4.28. The lowest BCUT2D eigenvalue weighted by atomic mass is 10.1. The van der Waals surface area contributed by atoms with Crippen LogP contribution in [0.1, 0.15) is 61.1 Å². The molecule has 0 fully saturated rings. The summed E-state index contributed by atoms with van der Waals surface area (Å²) >= 11 is 0. The first-order valence-electron chi connectivity index (χ1n) is 10.6. The summed E-state index contributed by atoms with van der Waals surface area (Å²) in [4.78, 5) is 0. The minimum absolute atomic E-state index is 1.14. The summed E-state index contributed by atoms with van der Waals surface area (Å²) in [5, 5.41) is 0. The molecular formula is C28H40. The van der Waals surface area contributed by atoms with Gasteiger partial charge in [0.2, 0.25) is 0 Å². The van der Waals surface area contributed by atoms with Gasteiger partial charge in [0.05, 0.1) is 0 Å². The van der Waals surface area contributed by atoms with Crippen molar-refractivity contribution >= 4 is 0 Å². The number of rotatable bonds is 2. The topological polar surface area (TPSA) is 0 Å². The lowest BCUT2D eigenvalue weighted by Gasteiger charge is -1.94. The van der Waals surface area contributed by atoms with Gasteiger partial charge in [0.1, 0.15) is 0 Å². The van der Waals surface area contributed by atoms with Gasteiger partial charge in [-0.05, 0) is 51.7 Å². The predicted molar refractivity (Wildman–Crippen MR) is 128 cm³/mol. The van der Waals surface area contributed by atoms with E-state index in [4.69, 9.17) is 0 Å². The first kappa shape index (κ1) is 25.7. The zero-order valence-corrected chi connectivity index (χ0v) is 19.3. The van der Waals surface area contributed by atoms with Crippen LogP contribution in [0, 0.1) is 27.7 Å². The lowest BCUT2D eigenvalue weighted by molar-refractivity contribution is 1.14. The zero-order valence-electron chi connectivity index (χ0n) is 19.3. The molecule has 0 radical (unpaired) electrons. The van der Waals surface area contributed by atoms with E-state index in [0.717, 1.165) is 12.8 Å². The minimum Gasteiger partial charge on any atom is -0.0683 e. The maximum absolute atomic E-state index is 2.18. The Bertz CT molecular complexity index is 650. The third kappa shape index (κ3) is 12.1. The van der Waals surface area contributed by atoms with Crippen molar-refractivity contribution in [2.75, 3.05) is 0 Å². The number of hydrogen-bond acceptors (Lipinski definition) is 0. The van der Waals surface area contributed by atoms with Gasteiger partial charge in [0.25, 0.3) is 0 Å². The Morgan fingerprint density at radius 2 is 0.571 bits per heavy atom. The maximum atomic E-state index is 2.18. The fourth-order valence-corrected chi connectivity index (χ4v) is 2.28. The van der Waals surface area contributed by atoms with E-state index in [2.05, 4.69) is 114 Å². The maximum Gasteiger partial charge on any atom is -0.0307 e. The monoisotopic (exact) mass is 376 g/mol. The second-order valence-corrected chi connectivity index (χ2v) is 6.83. The molecule has 0 saturated heterocycles. The highest BCUT2D eigenvalue weighted by Crippen LogP contribution is 2.03. The van der Waals surface area contributed by atoms with Crippen molar-refractivity contribution in [2.45, 2.75) is 68.2 Å². The van der Waals surface area contributed by atoms with Crippen LogP contribution in [-0.2, 0) is 12.8 Å². The Hall–Kier alpha value is -2.34. The fourth-order valence-electron chi connectivity index (χ4n) is 2.28. The third-order valence-electron chi connectivity index (χ3n) is 4.28. The molecule has 0 aliphatic heterocycles. The summed E-state index contributed by atoms with van der Waals surface area (Å²) in [7, 11) is 0. The normalized spacial score (nSPS) is 9.00. The standard InChI is InChI=1S/2C9H12.C8H10.C2H6/c2*1-3-9-6-4-8(2)5-7-9;1-7-3-5-8(2)6-4-7;1-2/h2*4-7H,3H2,1-2H3;3-6H,1-2H3;1-2H3. The van der Waals surface area contributed by atoms with Crippen LogP contribution in [0.4, 0.5) is 0 Å². The summed E-state index contributed by atoms with van der Waals surface area (Å²) < 4.78 is 0. The summed E-state index contributed by atoms with van der Waals surface area (Å²) in [6, 6.07) is 25.8. The Morgan fingerprint density at radius 1 is 0.393 bits per heavy atom. The number of benzene rings is 3. The lowest BCUT2D eigenvalue weighted by Crippen LogP contribution is -1.77. The highest BCUT2D eigenvalue weighted by molar-refractivity contribution is 5.22. The average Bonchev–Trinajstić information content (AvgIpc) is 2.74. The van der Waals surface area contributed by atoms with Crippen LogP contribution >= 0.6 is 0 Å². The van der Waals surface area contributed by atoms with Crippen LogP contribution in [-0.4, -0.2) is 0 Å². The predicted octanol–water partition coefficient (Wildman–Crippen LogP) is 8.44. The summed E-state index contributed by atoms with van der Waals surface area (Å²) in [5.41, 5.74) is 8.17. The molecule has 0 aromatic heterocycles. The second kappa shape index (κ2) is 15.7. The van der Waals surface area contributed by atoms with Crippen LogP contribution in [0.3, 0.4) is 0 Å². The molecular weight excluding hydrogens is 336 g/mol. The van der Waals surface area contributed by atoms with Crippen molar-refractivity contribution in [2.24, 2.45) is 0 Å². The molecule has 0 saturated carbocycles. The van der Waals surface area contributed by atoms with Gasteiger partial charge in [-0.2, -0.15) is 0 Å². The fraction of sp³-hybridized carbons (Fsp3) is 0.357. The van der Waals surface area contributed by atoms with Crippen LogP contribution in [0.15, 0.2) is 72.8 Å². The van der Waals surface area contributed by atoms with E-state index in [1.807, 2.05) is 13.8 Å². The molecule has 0 atom stereocenters. The second-order valence-electron chi connectivity index (χ2n) is 6.83. The molecule has 0 unspecified atom stereocenters. The van der Waals surface area contributed by atoms with E-state index < -0.39 is 0 Å². The van der Waals surface area contributed by atoms with Crippen LogP contribution in [0.2, 0.25) is 0 Å². The first-order chi connectivity index (χ1) is 13.4. The Morgan fingerprint density at radius 3 is 0.750 bits per heavy atom. The molecule has 0 amide bonds. The number of hydrogen-bond donors (Lipinski definition) is 0. The molecule has 0 N–H and O–H groups in total. The van der Waals surface area contributed by atoms with Gasteiger partial charge in [-0.1, -0.05) is 123 Å². The van der Waals surface area contributed by atoms with E-state index in [9.17, 15) is 0 Å². The van der Waals surface area contributed by atoms with Crippen molar-refractivity contribution in [1.82, 2.24) is 0 Å². The molecule has 152 valence electrons.